The zero-order valence-corrected chi connectivity index (χ0v) is 14.4. The van der Waals surface area contributed by atoms with Gasteiger partial charge in [0.15, 0.2) is 5.82 Å². The molecule has 0 bridgehead atoms. The van der Waals surface area contributed by atoms with E-state index in [4.69, 9.17) is 16.1 Å². The van der Waals surface area contributed by atoms with Crippen LogP contribution < -0.4 is 4.90 Å². The minimum atomic E-state index is -0.0798. The van der Waals surface area contributed by atoms with Gasteiger partial charge >= 0.3 is 0 Å². The Kier molecular flexibility index (Phi) is 4.01. The van der Waals surface area contributed by atoms with Crippen LogP contribution in [-0.2, 0) is 4.79 Å². The van der Waals surface area contributed by atoms with Gasteiger partial charge in [0.2, 0.25) is 5.91 Å². The molecule has 2 heterocycles. The molecular weight excluding hydrogens is 338 g/mol. The Morgan fingerprint density at radius 3 is 2.84 bits per heavy atom. The molecule has 0 aliphatic carbocycles. The van der Waals surface area contributed by atoms with Gasteiger partial charge in [-0.1, -0.05) is 41.0 Å². The second-order valence-corrected chi connectivity index (χ2v) is 6.60. The molecule has 3 aromatic rings. The van der Waals surface area contributed by atoms with Crippen LogP contribution in [0.3, 0.4) is 0 Å². The van der Waals surface area contributed by atoms with Crippen molar-refractivity contribution in [2.45, 2.75) is 19.3 Å². The van der Waals surface area contributed by atoms with E-state index in [2.05, 4.69) is 10.1 Å². The summed E-state index contributed by atoms with van der Waals surface area (Å²) in [5.41, 5.74) is 2.78. The molecule has 6 heteroatoms. The van der Waals surface area contributed by atoms with Gasteiger partial charge in [0.1, 0.15) is 0 Å². The summed E-state index contributed by atoms with van der Waals surface area (Å²) in [6.45, 7) is 2.56. The minimum Gasteiger partial charge on any atom is -0.334 e. The maximum absolute atomic E-state index is 12.5. The van der Waals surface area contributed by atoms with Gasteiger partial charge in [-0.15, -0.1) is 0 Å². The maximum atomic E-state index is 12.5. The third-order valence-electron chi connectivity index (χ3n) is 4.41. The third-order valence-corrected chi connectivity index (χ3v) is 4.64. The molecule has 1 aromatic heterocycles. The first-order valence-electron chi connectivity index (χ1n) is 8.07. The number of para-hydroxylation sites is 1. The Balaban J connectivity index is 1.58. The summed E-state index contributed by atoms with van der Waals surface area (Å²) in [5, 5.41) is 4.69. The molecule has 0 radical (unpaired) electrons. The van der Waals surface area contributed by atoms with Crippen molar-refractivity contribution in [1.82, 2.24) is 10.1 Å². The minimum absolute atomic E-state index is 0.0772. The number of aryl methyl sites for hydroxylation is 1. The van der Waals surface area contributed by atoms with Gasteiger partial charge in [-0.3, -0.25) is 4.79 Å². The number of rotatable bonds is 3. The van der Waals surface area contributed by atoms with Crippen molar-refractivity contribution >= 4 is 23.2 Å². The van der Waals surface area contributed by atoms with Crippen LogP contribution in [0, 0.1) is 6.92 Å². The van der Waals surface area contributed by atoms with Gasteiger partial charge in [-0.05, 0) is 36.8 Å². The number of amides is 1. The summed E-state index contributed by atoms with van der Waals surface area (Å²) in [7, 11) is 0. The summed E-state index contributed by atoms with van der Waals surface area (Å²) in [4.78, 5) is 18.7. The number of anilines is 1. The maximum Gasteiger partial charge on any atom is 0.257 e. The number of hydrogen-bond acceptors (Lipinski definition) is 4. The molecular formula is C19H16ClN3O2. The second kappa shape index (κ2) is 6.33. The summed E-state index contributed by atoms with van der Waals surface area (Å²) in [6, 6.07) is 15.1. The van der Waals surface area contributed by atoms with E-state index < -0.39 is 0 Å². The molecule has 0 spiro atoms. The van der Waals surface area contributed by atoms with Gasteiger partial charge in [-0.25, -0.2) is 0 Å². The van der Waals surface area contributed by atoms with Crippen LogP contribution in [0.2, 0.25) is 5.02 Å². The van der Waals surface area contributed by atoms with Crippen LogP contribution in [0.5, 0.6) is 0 Å². The third kappa shape index (κ3) is 3.03. The first-order chi connectivity index (χ1) is 12.1. The summed E-state index contributed by atoms with van der Waals surface area (Å²) >= 11 is 6.01. The highest BCUT2D eigenvalue weighted by Crippen LogP contribution is 2.33. The Hall–Kier alpha value is -2.66. The van der Waals surface area contributed by atoms with Crippen LogP contribution in [0.25, 0.3) is 11.5 Å². The number of halogens is 1. The fraction of sp³-hybridized carbons (Fsp3) is 0.211. The molecule has 5 nitrogen and oxygen atoms in total. The van der Waals surface area contributed by atoms with Crippen LogP contribution in [0.1, 0.15) is 23.7 Å². The lowest BCUT2D eigenvalue weighted by Gasteiger charge is -2.18. The molecule has 2 aromatic carbocycles. The molecule has 1 aliphatic rings. The van der Waals surface area contributed by atoms with E-state index in [9.17, 15) is 4.79 Å². The highest BCUT2D eigenvalue weighted by molar-refractivity contribution is 6.30. The Bertz CT molecular complexity index is 938. The summed E-state index contributed by atoms with van der Waals surface area (Å²) in [6.07, 6.45) is 0.378. The van der Waals surface area contributed by atoms with Crippen molar-refractivity contribution in [2.75, 3.05) is 11.4 Å². The van der Waals surface area contributed by atoms with E-state index in [1.54, 1.807) is 17.0 Å². The topological polar surface area (TPSA) is 59.2 Å². The van der Waals surface area contributed by atoms with Gasteiger partial charge in [0.05, 0.1) is 0 Å². The van der Waals surface area contributed by atoms with E-state index in [1.165, 1.54) is 0 Å². The van der Waals surface area contributed by atoms with E-state index >= 15 is 0 Å². The molecule has 1 fully saturated rings. The smallest absolute Gasteiger partial charge is 0.257 e. The average molecular weight is 354 g/mol. The van der Waals surface area contributed by atoms with E-state index in [0.29, 0.717) is 29.7 Å². The zero-order chi connectivity index (χ0) is 17.4. The molecule has 1 saturated heterocycles. The molecule has 25 heavy (non-hydrogen) atoms. The lowest BCUT2D eigenvalue weighted by Crippen LogP contribution is -2.25. The lowest BCUT2D eigenvalue weighted by molar-refractivity contribution is -0.117. The Morgan fingerprint density at radius 1 is 1.20 bits per heavy atom. The lowest BCUT2D eigenvalue weighted by atomic mass is 10.1. The number of nitrogens with zero attached hydrogens (tertiary/aromatic N) is 3. The molecule has 4 rings (SSSR count). The summed E-state index contributed by atoms with van der Waals surface area (Å²) < 4.78 is 5.37. The predicted molar refractivity (Wildman–Crippen MR) is 95.6 cm³/mol. The quantitative estimate of drug-likeness (QED) is 0.707. The highest BCUT2D eigenvalue weighted by atomic mass is 35.5. The first-order valence-corrected chi connectivity index (χ1v) is 8.45. The van der Waals surface area contributed by atoms with E-state index in [0.717, 1.165) is 16.8 Å². The summed E-state index contributed by atoms with van der Waals surface area (Å²) in [5.74, 6) is 0.968. The van der Waals surface area contributed by atoms with Crippen molar-refractivity contribution in [1.29, 1.82) is 0 Å². The van der Waals surface area contributed by atoms with Gasteiger partial charge in [0, 0.05) is 35.2 Å². The molecule has 0 saturated carbocycles. The Labute approximate surface area is 150 Å². The van der Waals surface area contributed by atoms with Crippen LogP contribution in [0.4, 0.5) is 5.69 Å². The zero-order valence-electron chi connectivity index (χ0n) is 13.6. The van der Waals surface area contributed by atoms with Gasteiger partial charge < -0.3 is 9.42 Å². The normalized spacial score (nSPS) is 17.3. The van der Waals surface area contributed by atoms with Crippen LogP contribution in [-0.4, -0.2) is 22.6 Å². The van der Waals surface area contributed by atoms with Crippen LogP contribution in [0.15, 0.2) is 53.1 Å². The van der Waals surface area contributed by atoms with Gasteiger partial charge in [-0.2, -0.15) is 4.98 Å². The van der Waals surface area contributed by atoms with Crippen molar-refractivity contribution in [3.8, 4) is 11.5 Å². The van der Waals surface area contributed by atoms with Gasteiger partial charge in [0.25, 0.3) is 5.89 Å². The van der Waals surface area contributed by atoms with Crippen molar-refractivity contribution < 1.29 is 9.32 Å². The van der Waals surface area contributed by atoms with E-state index in [1.807, 2.05) is 43.3 Å². The molecule has 1 unspecified atom stereocenters. The van der Waals surface area contributed by atoms with Crippen molar-refractivity contribution in [3.63, 3.8) is 0 Å². The molecule has 1 aliphatic heterocycles. The number of aromatic nitrogens is 2. The molecule has 1 amide bonds. The standard InChI is InChI=1S/C19H16ClN3O2/c1-12-5-2-3-8-16(12)23-11-14(10-17(23)24)18-21-19(25-22-18)13-6-4-7-15(20)9-13/h2-9,14H,10-11H2,1H3. The van der Waals surface area contributed by atoms with Crippen molar-refractivity contribution in [2.24, 2.45) is 0 Å². The SMILES string of the molecule is Cc1ccccc1N1CC(c2noc(-c3cccc(Cl)c3)n2)CC1=O. The molecule has 1 atom stereocenters. The second-order valence-electron chi connectivity index (χ2n) is 6.16. The largest absolute Gasteiger partial charge is 0.334 e. The Morgan fingerprint density at radius 2 is 2.04 bits per heavy atom. The fourth-order valence-electron chi connectivity index (χ4n) is 3.12. The average Bonchev–Trinajstić information content (AvgIpc) is 3.22. The molecule has 0 N–H and O–H groups in total. The monoisotopic (exact) mass is 353 g/mol. The van der Waals surface area contributed by atoms with E-state index in [-0.39, 0.29) is 11.8 Å². The molecule has 126 valence electrons. The number of carbonyl (C=O) groups is 1. The highest BCUT2D eigenvalue weighted by Gasteiger charge is 2.35. The van der Waals surface area contributed by atoms with Crippen LogP contribution >= 0.6 is 11.6 Å². The van der Waals surface area contributed by atoms with Crippen molar-refractivity contribution in [3.05, 3.63) is 64.9 Å². The predicted octanol–water partition coefficient (Wildman–Crippen LogP) is 4.22. The number of hydrogen-bond donors (Lipinski definition) is 0. The number of benzene rings is 2. The fourth-order valence-corrected chi connectivity index (χ4v) is 3.31. The number of carbonyl (C=O) groups excluding carboxylic acids is 1. The first kappa shape index (κ1) is 15.8.